The minimum absolute atomic E-state index is 0.0640. The van der Waals surface area contributed by atoms with Crippen LogP contribution in [-0.2, 0) is 6.18 Å². The summed E-state index contributed by atoms with van der Waals surface area (Å²) in [6, 6.07) is 5.94. The second kappa shape index (κ2) is 6.79. The Morgan fingerprint density at radius 1 is 1.29 bits per heavy atom. The number of likely N-dealkylation sites (tertiary alicyclic amines) is 1. The Bertz CT molecular complexity index is 442. The van der Waals surface area contributed by atoms with Gasteiger partial charge in [-0.25, -0.2) is 0 Å². The Morgan fingerprint density at radius 2 is 1.95 bits per heavy atom. The van der Waals surface area contributed by atoms with E-state index < -0.39 is 11.7 Å². The molecule has 0 spiro atoms. The molecule has 2 unspecified atom stereocenters. The lowest BCUT2D eigenvalue weighted by Gasteiger charge is -2.34. The van der Waals surface area contributed by atoms with Gasteiger partial charge in [0.25, 0.3) is 0 Å². The second-order valence-corrected chi connectivity index (χ2v) is 5.74. The van der Waals surface area contributed by atoms with Gasteiger partial charge in [-0.2, -0.15) is 13.2 Å². The number of rotatable bonds is 4. The third-order valence-corrected chi connectivity index (χ3v) is 4.18. The van der Waals surface area contributed by atoms with Crippen molar-refractivity contribution in [3.8, 4) is 0 Å². The summed E-state index contributed by atoms with van der Waals surface area (Å²) in [7, 11) is 0. The molecule has 0 radical (unpaired) electrons. The van der Waals surface area contributed by atoms with E-state index in [1.807, 2.05) is 6.92 Å². The van der Waals surface area contributed by atoms with Gasteiger partial charge in [0, 0.05) is 18.6 Å². The van der Waals surface area contributed by atoms with Gasteiger partial charge in [0.15, 0.2) is 0 Å². The number of nitrogens with one attached hydrogen (secondary N) is 1. The van der Waals surface area contributed by atoms with E-state index in [0.717, 1.165) is 43.8 Å². The molecule has 0 amide bonds. The molecule has 21 heavy (non-hydrogen) atoms. The standard InChI is InChI=1S/C16H23F3N2/c1-3-21-10-4-5-15(11-21)20-12(2)13-6-8-14(9-7-13)16(17,18)19/h6-9,12,15,20H,3-5,10-11H2,1-2H3. The van der Waals surface area contributed by atoms with Crippen molar-refractivity contribution in [2.24, 2.45) is 0 Å². The number of halogens is 3. The molecule has 1 saturated heterocycles. The van der Waals surface area contributed by atoms with E-state index in [1.54, 1.807) is 12.1 Å². The van der Waals surface area contributed by atoms with Crippen LogP contribution < -0.4 is 5.32 Å². The monoisotopic (exact) mass is 300 g/mol. The van der Waals surface area contributed by atoms with Crippen molar-refractivity contribution in [3.63, 3.8) is 0 Å². The third-order valence-electron chi connectivity index (χ3n) is 4.18. The van der Waals surface area contributed by atoms with E-state index in [2.05, 4.69) is 17.1 Å². The molecule has 0 aromatic heterocycles. The van der Waals surface area contributed by atoms with Crippen molar-refractivity contribution in [2.75, 3.05) is 19.6 Å². The van der Waals surface area contributed by atoms with Crippen LogP contribution in [0.1, 0.15) is 43.9 Å². The van der Waals surface area contributed by atoms with Crippen LogP contribution in [-0.4, -0.2) is 30.6 Å². The first-order valence-corrected chi connectivity index (χ1v) is 7.55. The van der Waals surface area contributed by atoms with Crippen LogP contribution in [0.4, 0.5) is 13.2 Å². The molecule has 2 rings (SSSR count). The molecule has 1 aliphatic rings. The van der Waals surface area contributed by atoms with Crippen LogP contribution in [0.15, 0.2) is 24.3 Å². The lowest BCUT2D eigenvalue weighted by atomic mass is 10.0. The van der Waals surface area contributed by atoms with E-state index >= 15 is 0 Å². The Labute approximate surface area is 124 Å². The molecule has 1 aliphatic heterocycles. The molecule has 1 aromatic rings. The summed E-state index contributed by atoms with van der Waals surface area (Å²) in [5, 5.41) is 3.53. The van der Waals surface area contributed by atoms with Crippen LogP contribution in [0.3, 0.4) is 0 Å². The van der Waals surface area contributed by atoms with Crippen LogP contribution in [0, 0.1) is 0 Å². The van der Waals surface area contributed by atoms with Gasteiger partial charge >= 0.3 is 6.18 Å². The van der Waals surface area contributed by atoms with Crippen LogP contribution in [0.25, 0.3) is 0 Å². The van der Waals surface area contributed by atoms with Gasteiger partial charge in [-0.15, -0.1) is 0 Å². The fraction of sp³-hybridized carbons (Fsp3) is 0.625. The first-order chi connectivity index (χ1) is 9.90. The number of alkyl halides is 3. The summed E-state index contributed by atoms with van der Waals surface area (Å²) < 4.78 is 37.7. The molecular weight excluding hydrogens is 277 g/mol. The maximum atomic E-state index is 12.6. The molecule has 1 N–H and O–H groups in total. The van der Waals surface area contributed by atoms with Gasteiger partial charge in [-0.1, -0.05) is 19.1 Å². The zero-order valence-corrected chi connectivity index (χ0v) is 12.6. The van der Waals surface area contributed by atoms with Gasteiger partial charge < -0.3 is 10.2 Å². The molecule has 1 heterocycles. The lowest BCUT2D eigenvalue weighted by molar-refractivity contribution is -0.137. The molecule has 5 heteroatoms. The molecule has 2 atom stereocenters. The highest BCUT2D eigenvalue weighted by Crippen LogP contribution is 2.30. The van der Waals surface area contributed by atoms with Crippen molar-refractivity contribution < 1.29 is 13.2 Å². The highest BCUT2D eigenvalue weighted by molar-refractivity contribution is 5.26. The number of hydrogen-bond acceptors (Lipinski definition) is 2. The van der Waals surface area contributed by atoms with E-state index in [0.29, 0.717) is 6.04 Å². The van der Waals surface area contributed by atoms with E-state index in [4.69, 9.17) is 0 Å². The van der Waals surface area contributed by atoms with Gasteiger partial charge in [-0.3, -0.25) is 0 Å². The number of likely N-dealkylation sites (N-methyl/N-ethyl adjacent to an activating group) is 1. The van der Waals surface area contributed by atoms with Crippen molar-refractivity contribution in [1.29, 1.82) is 0 Å². The van der Waals surface area contributed by atoms with Gasteiger partial charge in [0.2, 0.25) is 0 Å². The quantitative estimate of drug-likeness (QED) is 0.909. The largest absolute Gasteiger partial charge is 0.416 e. The van der Waals surface area contributed by atoms with Gasteiger partial charge in [0.05, 0.1) is 5.56 Å². The number of piperidine rings is 1. The Hall–Kier alpha value is -1.07. The average molecular weight is 300 g/mol. The molecule has 0 aliphatic carbocycles. The van der Waals surface area contributed by atoms with Crippen molar-refractivity contribution in [2.45, 2.75) is 44.9 Å². The highest BCUT2D eigenvalue weighted by Gasteiger charge is 2.30. The summed E-state index contributed by atoms with van der Waals surface area (Å²) in [6.07, 6.45) is -1.97. The van der Waals surface area contributed by atoms with E-state index in [9.17, 15) is 13.2 Å². The molecule has 2 nitrogen and oxygen atoms in total. The molecule has 1 fully saturated rings. The van der Waals surface area contributed by atoms with E-state index in [1.165, 1.54) is 6.42 Å². The predicted molar refractivity (Wildman–Crippen MR) is 78.1 cm³/mol. The highest BCUT2D eigenvalue weighted by atomic mass is 19.4. The number of nitrogens with zero attached hydrogens (tertiary/aromatic N) is 1. The summed E-state index contributed by atoms with van der Waals surface area (Å²) in [5.41, 5.74) is 0.310. The summed E-state index contributed by atoms with van der Waals surface area (Å²) in [4.78, 5) is 2.40. The zero-order chi connectivity index (χ0) is 15.5. The second-order valence-electron chi connectivity index (χ2n) is 5.74. The van der Waals surface area contributed by atoms with Crippen LogP contribution in [0.5, 0.6) is 0 Å². The Kier molecular flexibility index (Phi) is 5.27. The van der Waals surface area contributed by atoms with Gasteiger partial charge in [-0.05, 0) is 50.6 Å². The number of benzene rings is 1. The Balaban J connectivity index is 1.95. The SMILES string of the molecule is CCN1CCCC(NC(C)c2ccc(C(F)(F)F)cc2)C1. The normalized spacial score (nSPS) is 22.2. The van der Waals surface area contributed by atoms with Crippen molar-refractivity contribution in [3.05, 3.63) is 35.4 Å². The van der Waals surface area contributed by atoms with Crippen LogP contribution >= 0.6 is 0 Å². The third kappa shape index (κ3) is 4.45. The fourth-order valence-electron chi connectivity index (χ4n) is 2.89. The van der Waals surface area contributed by atoms with Crippen molar-refractivity contribution >= 4 is 0 Å². The maximum absolute atomic E-state index is 12.6. The lowest BCUT2D eigenvalue weighted by Crippen LogP contribution is -2.46. The summed E-state index contributed by atoms with van der Waals surface area (Å²) >= 11 is 0. The topological polar surface area (TPSA) is 15.3 Å². The zero-order valence-electron chi connectivity index (χ0n) is 12.6. The minimum atomic E-state index is -4.26. The van der Waals surface area contributed by atoms with Crippen molar-refractivity contribution in [1.82, 2.24) is 10.2 Å². The maximum Gasteiger partial charge on any atom is 0.416 e. The average Bonchev–Trinajstić information content (AvgIpc) is 2.46. The Morgan fingerprint density at radius 3 is 2.52 bits per heavy atom. The molecule has 0 saturated carbocycles. The minimum Gasteiger partial charge on any atom is -0.306 e. The molecular formula is C16H23F3N2. The summed E-state index contributed by atoms with van der Waals surface area (Å²) in [6.45, 7) is 7.37. The molecule has 0 bridgehead atoms. The predicted octanol–water partition coefficient (Wildman–Crippen LogP) is 3.84. The first kappa shape index (κ1) is 16.3. The summed E-state index contributed by atoms with van der Waals surface area (Å²) in [5.74, 6) is 0. The first-order valence-electron chi connectivity index (χ1n) is 7.55. The van der Waals surface area contributed by atoms with Crippen LogP contribution in [0.2, 0.25) is 0 Å². The van der Waals surface area contributed by atoms with E-state index in [-0.39, 0.29) is 6.04 Å². The molecule has 1 aromatic carbocycles. The number of hydrogen-bond donors (Lipinski definition) is 1. The molecule has 118 valence electrons. The smallest absolute Gasteiger partial charge is 0.306 e. The van der Waals surface area contributed by atoms with Gasteiger partial charge in [0.1, 0.15) is 0 Å². The fourth-order valence-corrected chi connectivity index (χ4v) is 2.89.